The standard InChI is InChI=1S/C14H19ClN6O2S/c15-14-18-12(19-20-14)1-2-13(23)17-10-3-4-21(6-11(10)22)5-9-7-24-8-16-9/h7-8,10-11,22H,1-6H2,(H,17,23)(H,18,19,20)/t10-,11-/m1/s1. The summed E-state index contributed by atoms with van der Waals surface area (Å²) in [4.78, 5) is 22.4. The Morgan fingerprint density at radius 2 is 2.46 bits per heavy atom. The normalized spacial score (nSPS) is 21.8. The lowest BCUT2D eigenvalue weighted by molar-refractivity contribution is -0.123. The van der Waals surface area contributed by atoms with Crippen molar-refractivity contribution in [2.75, 3.05) is 13.1 Å². The maximum Gasteiger partial charge on any atom is 0.242 e. The Hall–Kier alpha value is -1.55. The van der Waals surface area contributed by atoms with Gasteiger partial charge in [0.05, 0.1) is 23.4 Å². The van der Waals surface area contributed by atoms with Gasteiger partial charge < -0.3 is 10.4 Å². The monoisotopic (exact) mass is 370 g/mol. The van der Waals surface area contributed by atoms with Crippen molar-refractivity contribution in [3.63, 3.8) is 0 Å². The molecule has 130 valence electrons. The molecule has 0 saturated carbocycles. The summed E-state index contributed by atoms with van der Waals surface area (Å²) in [5.74, 6) is 0.466. The van der Waals surface area contributed by atoms with Gasteiger partial charge in [-0.25, -0.2) is 9.97 Å². The van der Waals surface area contributed by atoms with Crippen molar-refractivity contribution >= 4 is 28.8 Å². The minimum atomic E-state index is -0.582. The number of aryl methyl sites for hydroxylation is 1. The summed E-state index contributed by atoms with van der Waals surface area (Å²) in [6.45, 7) is 2.07. The summed E-state index contributed by atoms with van der Waals surface area (Å²) >= 11 is 7.18. The molecule has 0 aliphatic carbocycles. The molecule has 1 aliphatic heterocycles. The van der Waals surface area contributed by atoms with E-state index < -0.39 is 6.10 Å². The van der Waals surface area contributed by atoms with Crippen molar-refractivity contribution < 1.29 is 9.90 Å². The number of carbonyl (C=O) groups excluding carboxylic acids is 1. The number of piperidine rings is 1. The molecule has 2 aromatic heterocycles. The number of aliphatic hydroxyl groups excluding tert-OH is 1. The summed E-state index contributed by atoms with van der Waals surface area (Å²) in [5, 5.41) is 21.7. The molecule has 2 atom stereocenters. The number of halogens is 1. The number of H-pyrrole nitrogens is 1. The van der Waals surface area contributed by atoms with E-state index in [-0.39, 0.29) is 23.7 Å². The molecule has 0 radical (unpaired) electrons. The van der Waals surface area contributed by atoms with Crippen molar-refractivity contribution in [1.29, 1.82) is 0 Å². The molecule has 3 rings (SSSR count). The van der Waals surface area contributed by atoms with Crippen LogP contribution in [0.15, 0.2) is 10.9 Å². The molecule has 0 aromatic carbocycles. The van der Waals surface area contributed by atoms with E-state index in [0.717, 1.165) is 18.8 Å². The first-order chi connectivity index (χ1) is 11.6. The minimum absolute atomic E-state index is 0.112. The van der Waals surface area contributed by atoms with E-state index in [1.807, 2.05) is 5.38 Å². The Morgan fingerprint density at radius 1 is 1.58 bits per heavy atom. The number of hydrogen-bond acceptors (Lipinski definition) is 7. The van der Waals surface area contributed by atoms with Crippen LogP contribution in [0, 0.1) is 0 Å². The molecule has 3 N–H and O–H groups in total. The molecule has 24 heavy (non-hydrogen) atoms. The number of β-amino-alcohol motifs (C(OH)–C–C–N with tert-alkyl or cyclic N) is 1. The van der Waals surface area contributed by atoms with Crippen molar-refractivity contribution in [1.82, 2.24) is 30.4 Å². The molecular weight excluding hydrogens is 352 g/mol. The summed E-state index contributed by atoms with van der Waals surface area (Å²) in [7, 11) is 0. The lowest BCUT2D eigenvalue weighted by atomic mass is 10.0. The molecule has 1 fully saturated rings. The Labute approximate surface area is 148 Å². The quantitative estimate of drug-likeness (QED) is 0.687. The molecule has 1 saturated heterocycles. The summed E-state index contributed by atoms with van der Waals surface area (Å²) in [6, 6.07) is -0.220. The summed E-state index contributed by atoms with van der Waals surface area (Å²) in [5.41, 5.74) is 2.82. The lowest BCUT2D eigenvalue weighted by Gasteiger charge is -2.35. The van der Waals surface area contributed by atoms with Crippen LogP contribution in [-0.2, 0) is 17.8 Å². The second-order valence-corrected chi connectivity index (χ2v) is 6.85. The first-order valence-corrected chi connectivity index (χ1v) is 9.06. The van der Waals surface area contributed by atoms with Gasteiger partial charge in [-0.3, -0.25) is 14.8 Å². The van der Waals surface area contributed by atoms with Crippen LogP contribution in [0.25, 0.3) is 0 Å². The number of aromatic nitrogens is 4. The van der Waals surface area contributed by atoms with Crippen LogP contribution < -0.4 is 5.32 Å². The number of carbonyl (C=O) groups is 1. The first kappa shape index (κ1) is 17.3. The number of thiazole rings is 1. The van der Waals surface area contributed by atoms with Crippen LogP contribution in [0.1, 0.15) is 24.4 Å². The second kappa shape index (κ2) is 8.02. The van der Waals surface area contributed by atoms with Crippen LogP contribution in [0.2, 0.25) is 5.28 Å². The largest absolute Gasteiger partial charge is 0.390 e. The van der Waals surface area contributed by atoms with Crippen LogP contribution in [0.3, 0.4) is 0 Å². The number of likely N-dealkylation sites (tertiary alicyclic amines) is 1. The number of aliphatic hydroxyl groups is 1. The fourth-order valence-corrected chi connectivity index (χ4v) is 3.44. The number of rotatable bonds is 6. The highest BCUT2D eigenvalue weighted by Crippen LogP contribution is 2.15. The van der Waals surface area contributed by atoms with Crippen LogP contribution in [-0.4, -0.2) is 61.3 Å². The Balaban J connectivity index is 1.42. The average molecular weight is 371 g/mol. The van der Waals surface area contributed by atoms with Crippen molar-refractivity contribution in [2.45, 2.75) is 38.0 Å². The van der Waals surface area contributed by atoms with Crippen LogP contribution in [0.5, 0.6) is 0 Å². The molecule has 3 heterocycles. The summed E-state index contributed by atoms with van der Waals surface area (Å²) in [6.07, 6.45) is 0.841. The van der Waals surface area contributed by atoms with Gasteiger partial charge in [-0.2, -0.15) is 0 Å². The maximum atomic E-state index is 12.0. The van der Waals surface area contributed by atoms with Crippen molar-refractivity contribution in [3.8, 4) is 0 Å². The van der Waals surface area contributed by atoms with Gasteiger partial charge in [0.2, 0.25) is 11.2 Å². The number of nitrogens with zero attached hydrogens (tertiary/aromatic N) is 4. The fourth-order valence-electron chi connectivity index (χ4n) is 2.75. The van der Waals surface area contributed by atoms with E-state index in [9.17, 15) is 9.90 Å². The van der Waals surface area contributed by atoms with Gasteiger partial charge in [-0.1, -0.05) is 0 Å². The van der Waals surface area contributed by atoms with Gasteiger partial charge in [0.25, 0.3) is 0 Å². The van der Waals surface area contributed by atoms with Gasteiger partial charge in [0.1, 0.15) is 5.82 Å². The van der Waals surface area contributed by atoms with E-state index >= 15 is 0 Å². The molecular formula is C14H19ClN6O2S. The van der Waals surface area contributed by atoms with E-state index in [2.05, 4.69) is 30.4 Å². The highest BCUT2D eigenvalue weighted by Gasteiger charge is 2.28. The predicted octanol–water partition coefficient (Wildman–Crippen LogP) is 0.599. The van der Waals surface area contributed by atoms with Gasteiger partial charge in [-0.15, -0.1) is 16.4 Å². The Bertz CT molecular complexity index is 664. The third-order valence-electron chi connectivity index (χ3n) is 3.97. The molecule has 0 unspecified atom stereocenters. The zero-order chi connectivity index (χ0) is 16.9. The zero-order valence-electron chi connectivity index (χ0n) is 13.0. The second-order valence-electron chi connectivity index (χ2n) is 5.80. The number of nitrogens with one attached hydrogen (secondary N) is 2. The maximum absolute atomic E-state index is 12.0. The topological polar surface area (TPSA) is 107 Å². The van der Waals surface area contributed by atoms with Crippen molar-refractivity contribution in [2.24, 2.45) is 0 Å². The molecule has 0 bridgehead atoms. The molecule has 0 spiro atoms. The van der Waals surface area contributed by atoms with Crippen LogP contribution >= 0.6 is 22.9 Å². The van der Waals surface area contributed by atoms with Gasteiger partial charge in [0.15, 0.2) is 0 Å². The Kier molecular flexibility index (Phi) is 5.77. The minimum Gasteiger partial charge on any atom is -0.390 e. The first-order valence-electron chi connectivity index (χ1n) is 7.74. The molecule has 1 aliphatic rings. The molecule has 10 heteroatoms. The number of hydrogen-bond donors (Lipinski definition) is 3. The third-order valence-corrected chi connectivity index (χ3v) is 4.78. The van der Waals surface area contributed by atoms with E-state index in [1.165, 1.54) is 0 Å². The molecule has 1 amide bonds. The summed E-state index contributed by atoms with van der Waals surface area (Å²) < 4.78 is 0. The average Bonchev–Trinajstić information content (AvgIpc) is 3.20. The SMILES string of the molecule is O=C(CCc1nc(Cl)n[nH]1)N[C@@H]1CCN(Cc2cscn2)C[C@H]1O. The van der Waals surface area contributed by atoms with Gasteiger partial charge >= 0.3 is 0 Å². The van der Waals surface area contributed by atoms with Crippen molar-refractivity contribution in [3.05, 3.63) is 27.7 Å². The van der Waals surface area contributed by atoms with Crippen LogP contribution in [0.4, 0.5) is 0 Å². The highest BCUT2D eigenvalue weighted by atomic mass is 35.5. The predicted molar refractivity (Wildman–Crippen MR) is 89.7 cm³/mol. The third kappa shape index (κ3) is 4.73. The molecule has 8 nitrogen and oxygen atoms in total. The van der Waals surface area contributed by atoms with Gasteiger partial charge in [0, 0.05) is 37.9 Å². The smallest absolute Gasteiger partial charge is 0.242 e. The Morgan fingerprint density at radius 3 is 3.12 bits per heavy atom. The number of aromatic amines is 1. The van der Waals surface area contributed by atoms with E-state index in [0.29, 0.717) is 25.2 Å². The number of amides is 1. The molecule has 2 aromatic rings. The van der Waals surface area contributed by atoms with E-state index in [4.69, 9.17) is 11.6 Å². The van der Waals surface area contributed by atoms with Gasteiger partial charge in [-0.05, 0) is 18.0 Å². The van der Waals surface area contributed by atoms with E-state index in [1.54, 1.807) is 16.8 Å². The highest BCUT2D eigenvalue weighted by molar-refractivity contribution is 7.07. The lowest BCUT2D eigenvalue weighted by Crippen LogP contribution is -2.53. The zero-order valence-corrected chi connectivity index (χ0v) is 14.6. The fraction of sp³-hybridized carbons (Fsp3) is 0.571.